The van der Waals surface area contributed by atoms with Crippen molar-refractivity contribution in [3.8, 4) is 0 Å². The van der Waals surface area contributed by atoms with E-state index in [1.807, 2.05) is 0 Å². The summed E-state index contributed by atoms with van der Waals surface area (Å²) >= 11 is 0. The lowest BCUT2D eigenvalue weighted by Gasteiger charge is -2.12. The summed E-state index contributed by atoms with van der Waals surface area (Å²) < 4.78 is 40.6. The molecule has 1 aromatic heterocycles. The van der Waals surface area contributed by atoms with Crippen LogP contribution in [0.25, 0.3) is 10.9 Å². The number of alkyl halides is 3. The number of nitrogens with two attached hydrogens (primary N) is 1. The Balaban J connectivity index is 2.12. The average Bonchev–Trinajstić information content (AvgIpc) is 2.87. The van der Waals surface area contributed by atoms with Crippen molar-refractivity contribution < 1.29 is 18.0 Å². The molecule has 0 radical (unpaired) electrons. The molecular weight excluding hydrogens is 305 g/mol. The predicted molar refractivity (Wildman–Crippen MR) is 82.1 cm³/mol. The first-order valence-electron chi connectivity index (χ1n) is 6.91. The molecule has 118 valence electrons. The van der Waals surface area contributed by atoms with Gasteiger partial charge in [-0.3, -0.25) is 9.36 Å². The average molecular weight is 318 g/mol. The van der Waals surface area contributed by atoms with Gasteiger partial charge in [0.25, 0.3) is 0 Å². The largest absolute Gasteiger partial charge is 0.431 e. The molecule has 0 aliphatic carbocycles. The molecule has 3 rings (SSSR count). The number of benzene rings is 2. The third kappa shape index (κ3) is 2.92. The lowest BCUT2D eigenvalue weighted by molar-refractivity contribution is -0.142. The molecule has 0 bridgehead atoms. The number of halogens is 3. The van der Waals surface area contributed by atoms with Crippen molar-refractivity contribution in [1.29, 1.82) is 0 Å². The molecular formula is C17H13F3N2O. The highest BCUT2D eigenvalue weighted by molar-refractivity contribution is 5.96. The van der Waals surface area contributed by atoms with E-state index in [2.05, 4.69) is 0 Å². The molecule has 2 aromatic carbocycles. The van der Waals surface area contributed by atoms with Gasteiger partial charge in [-0.1, -0.05) is 30.3 Å². The van der Waals surface area contributed by atoms with E-state index >= 15 is 0 Å². The topological polar surface area (TPSA) is 48.0 Å². The minimum absolute atomic E-state index is 0.113. The van der Waals surface area contributed by atoms with Crippen LogP contribution in [-0.2, 0) is 12.6 Å². The maximum atomic E-state index is 13.3. The van der Waals surface area contributed by atoms with Crippen molar-refractivity contribution in [2.24, 2.45) is 0 Å². The van der Waals surface area contributed by atoms with Gasteiger partial charge in [-0.25, -0.2) is 0 Å². The molecule has 0 fully saturated rings. The smallest absolute Gasteiger partial charge is 0.399 e. The van der Waals surface area contributed by atoms with Crippen molar-refractivity contribution in [1.82, 2.24) is 4.57 Å². The minimum atomic E-state index is -4.62. The van der Waals surface area contributed by atoms with Crippen LogP contribution in [0.15, 0.2) is 54.6 Å². The van der Waals surface area contributed by atoms with Gasteiger partial charge in [-0.2, -0.15) is 13.2 Å². The lowest BCUT2D eigenvalue weighted by atomic mass is 10.1. The first-order valence-corrected chi connectivity index (χ1v) is 6.91. The molecule has 0 saturated carbocycles. The molecule has 0 amide bonds. The van der Waals surface area contributed by atoms with Crippen LogP contribution in [0.2, 0.25) is 0 Å². The number of nitrogen functional groups attached to an aromatic ring is 1. The van der Waals surface area contributed by atoms with Gasteiger partial charge >= 0.3 is 6.18 Å². The fourth-order valence-electron chi connectivity index (χ4n) is 2.56. The van der Waals surface area contributed by atoms with Gasteiger partial charge in [0.2, 0.25) is 5.91 Å². The van der Waals surface area contributed by atoms with Gasteiger partial charge in [-0.15, -0.1) is 0 Å². The normalized spacial score (nSPS) is 11.8. The molecule has 2 N–H and O–H groups in total. The zero-order valence-electron chi connectivity index (χ0n) is 12.0. The Morgan fingerprint density at radius 2 is 1.74 bits per heavy atom. The Morgan fingerprint density at radius 3 is 2.39 bits per heavy atom. The molecule has 0 unspecified atom stereocenters. The Hall–Kier alpha value is -2.76. The first kappa shape index (κ1) is 15.1. The zero-order valence-corrected chi connectivity index (χ0v) is 12.0. The van der Waals surface area contributed by atoms with Crippen LogP contribution in [0, 0.1) is 0 Å². The second kappa shape index (κ2) is 5.46. The summed E-state index contributed by atoms with van der Waals surface area (Å²) in [6.07, 6.45) is -4.74. The molecule has 3 aromatic rings. The predicted octanol–water partition coefficient (Wildman–Crippen LogP) is 4.13. The molecule has 0 saturated heterocycles. The highest BCUT2D eigenvalue weighted by Crippen LogP contribution is 2.34. The summed E-state index contributed by atoms with van der Waals surface area (Å²) in [6, 6.07) is 14.0. The summed E-state index contributed by atoms with van der Waals surface area (Å²) in [5.41, 5.74) is 5.83. The molecule has 0 aliphatic heterocycles. The number of nitrogens with zero attached hydrogens (tertiary/aromatic N) is 1. The SMILES string of the molecule is Nc1ccc2c(c1)cc(C(F)(F)F)n2C(=O)Cc1ccccc1. The summed E-state index contributed by atoms with van der Waals surface area (Å²) in [5.74, 6) is -0.636. The maximum absolute atomic E-state index is 13.3. The van der Waals surface area contributed by atoms with Crippen LogP contribution in [0.5, 0.6) is 0 Å². The van der Waals surface area contributed by atoms with E-state index in [1.54, 1.807) is 30.3 Å². The Kier molecular flexibility index (Phi) is 3.60. The number of carbonyl (C=O) groups is 1. The van der Waals surface area contributed by atoms with Gasteiger partial charge in [0, 0.05) is 11.1 Å². The lowest BCUT2D eigenvalue weighted by Crippen LogP contribution is -2.21. The van der Waals surface area contributed by atoms with Gasteiger partial charge in [0.15, 0.2) is 0 Å². The van der Waals surface area contributed by atoms with Crippen LogP contribution in [-0.4, -0.2) is 10.5 Å². The summed E-state index contributed by atoms with van der Waals surface area (Å²) in [4.78, 5) is 12.5. The molecule has 23 heavy (non-hydrogen) atoms. The van der Waals surface area contributed by atoms with Crippen LogP contribution in [0.4, 0.5) is 18.9 Å². The minimum Gasteiger partial charge on any atom is -0.399 e. The zero-order chi connectivity index (χ0) is 16.6. The number of rotatable bonds is 2. The molecule has 3 nitrogen and oxygen atoms in total. The second-order valence-corrected chi connectivity index (χ2v) is 5.24. The highest BCUT2D eigenvalue weighted by Gasteiger charge is 2.37. The Morgan fingerprint density at radius 1 is 1.04 bits per heavy atom. The number of hydrogen-bond donors (Lipinski definition) is 1. The van der Waals surface area contributed by atoms with E-state index in [9.17, 15) is 18.0 Å². The van der Waals surface area contributed by atoms with Crippen molar-refractivity contribution in [3.05, 3.63) is 65.9 Å². The number of fused-ring (bicyclic) bond motifs is 1. The Bertz CT molecular complexity index is 867. The van der Waals surface area contributed by atoms with Crippen LogP contribution >= 0.6 is 0 Å². The maximum Gasteiger partial charge on any atom is 0.431 e. The van der Waals surface area contributed by atoms with Crippen LogP contribution < -0.4 is 5.73 Å². The standard InChI is InChI=1S/C17H13F3N2O/c18-17(19,20)15-10-12-9-13(21)6-7-14(12)22(15)16(23)8-11-4-2-1-3-5-11/h1-7,9-10H,8,21H2. The second-order valence-electron chi connectivity index (χ2n) is 5.24. The molecule has 0 aliphatic rings. The quantitative estimate of drug-likeness (QED) is 0.722. The summed E-state index contributed by atoms with van der Waals surface area (Å²) in [5, 5.41) is 0.290. The van der Waals surface area contributed by atoms with Crippen molar-refractivity contribution in [3.63, 3.8) is 0 Å². The van der Waals surface area contributed by atoms with Gasteiger partial charge < -0.3 is 5.73 Å². The van der Waals surface area contributed by atoms with E-state index in [4.69, 9.17) is 5.73 Å². The number of anilines is 1. The third-order valence-corrected chi connectivity index (χ3v) is 3.56. The number of hydrogen-bond acceptors (Lipinski definition) is 2. The van der Waals surface area contributed by atoms with Gasteiger partial charge in [-0.05, 0) is 29.8 Å². The summed E-state index contributed by atoms with van der Waals surface area (Å²) in [6.45, 7) is 0. The van der Waals surface area contributed by atoms with Crippen molar-refractivity contribution in [2.45, 2.75) is 12.6 Å². The fourth-order valence-corrected chi connectivity index (χ4v) is 2.56. The molecule has 0 atom stereocenters. The van der Waals surface area contributed by atoms with Crippen LogP contribution in [0.1, 0.15) is 16.1 Å². The van der Waals surface area contributed by atoms with E-state index in [0.29, 0.717) is 16.6 Å². The first-order chi connectivity index (χ1) is 10.9. The highest BCUT2D eigenvalue weighted by atomic mass is 19.4. The molecule has 1 heterocycles. The number of aromatic nitrogens is 1. The van der Waals surface area contributed by atoms with E-state index < -0.39 is 17.8 Å². The summed E-state index contributed by atoms with van der Waals surface area (Å²) in [7, 11) is 0. The van der Waals surface area contributed by atoms with Crippen molar-refractivity contribution >= 4 is 22.5 Å². The van der Waals surface area contributed by atoms with E-state index in [-0.39, 0.29) is 11.9 Å². The van der Waals surface area contributed by atoms with E-state index in [0.717, 1.165) is 10.6 Å². The Labute approximate surface area is 130 Å². The fraction of sp³-hybridized carbons (Fsp3) is 0.118. The monoisotopic (exact) mass is 318 g/mol. The molecule has 0 spiro atoms. The van der Waals surface area contributed by atoms with Crippen molar-refractivity contribution in [2.75, 3.05) is 5.73 Å². The number of carbonyl (C=O) groups excluding carboxylic acids is 1. The van der Waals surface area contributed by atoms with Gasteiger partial charge in [0.05, 0.1) is 11.9 Å². The van der Waals surface area contributed by atoms with E-state index in [1.165, 1.54) is 18.2 Å². The van der Waals surface area contributed by atoms with Crippen LogP contribution in [0.3, 0.4) is 0 Å². The third-order valence-electron chi connectivity index (χ3n) is 3.56. The van der Waals surface area contributed by atoms with Gasteiger partial charge in [0.1, 0.15) is 5.69 Å². The molecule has 6 heteroatoms.